The van der Waals surface area contributed by atoms with Crippen LogP contribution in [0.3, 0.4) is 0 Å². The van der Waals surface area contributed by atoms with Crippen molar-refractivity contribution in [3.05, 3.63) is 0 Å². The van der Waals surface area contributed by atoms with E-state index in [0.717, 1.165) is 25.7 Å². The van der Waals surface area contributed by atoms with Crippen LogP contribution in [-0.2, 0) is 9.53 Å². The van der Waals surface area contributed by atoms with Crippen molar-refractivity contribution >= 4 is 5.97 Å². The van der Waals surface area contributed by atoms with Gasteiger partial charge >= 0.3 is 12.4 Å². The highest BCUT2D eigenvalue weighted by Gasteiger charge is 2.24. The molecule has 0 N–H and O–H groups in total. The van der Waals surface area contributed by atoms with Crippen LogP contribution in [0, 0.1) is 0 Å². The van der Waals surface area contributed by atoms with Gasteiger partial charge < -0.3 is 4.74 Å². The van der Waals surface area contributed by atoms with Gasteiger partial charge in [-0.25, -0.2) is 4.79 Å². The zero-order chi connectivity index (χ0) is 8.27. The molecule has 0 bridgehead atoms. The van der Waals surface area contributed by atoms with Gasteiger partial charge in [-0.2, -0.15) is 8.78 Å². The molecule has 0 aromatic heterocycles. The molecule has 0 aromatic rings. The number of hydrogen-bond acceptors (Lipinski definition) is 2. The number of halogens is 2. The second-order valence-electron chi connectivity index (χ2n) is 2.64. The maximum Gasteiger partial charge on any atom is 0.374 e. The molecule has 1 saturated carbocycles. The Bertz CT molecular complexity index is 141. The minimum Gasteiger partial charge on any atom is -0.458 e. The third kappa shape index (κ3) is 2.44. The molecule has 0 heterocycles. The van der Waals surface area contributed by atoms with Gasteiger partial charge in [0.2, 0.25) is 0 Å². The standard InChI is InChI=1S/C7H10F2O2/c8-6(9)7(10)11-5-3-1-2-4-5/h5-6H,1-4H2. The predicted molar refractivity (Wildman–Crippen MR) is 34.4 cm³/mol. The quantitative estimate of drug-likeness (QED) is 0.581. The lowest BCUT2D eigenvalue weighted by Crippen LogP contribution is -2.20. The average Bonchev–Trinajstić information content (AvgIpc) is 2.39. The Morgan fingerprint density at radius 1 is 1.36 bits per heavy atom. The van der Waals surface area contributed by atoms with Crippen molar-refractivity contribution in [1.29, 1.82) is 0 Å². The highest BCUT2D eigenvalue weighted by atomic mass is 19.3. The maximum absolute atomic E-state index is 11.6. The zero-order valence-corrected chi connectivity index (χ0v) is 6.06. The van der Waals surface area contributed by atoms with Crippen LogP contribution in [0.15, 0.2) is 0 Å². The summed E-state index contributed by atoms with van der Waals surface area (Å²) in [7, 11) is 0. The molecule has 64 valence electrons. The first-order valence-electron chi connectivity index (χ1n) is 3.69. The van der Waals surface area contributed by atoms with Crippen LogP contribution in [0.1, 0.15) is 25.7 Å². The van der Waals surface area contributed by atoms with Crippen LogP contribution in [0.4, 0.5) is 8.78 Å². The summed E-state index contributed by atoms with van der Waals surface area (Å²) in [6.07, 6.45) is 0.186. The molecule has 0 amide bonds. The molecule has 0 aromatic carbocycles. The summed E-state index contributed by atoms with van der Waals surface area (Å²) in [5.74, 6) is -1.38. The molecule has 0 spiro atoms. The summed E-state index contributed by atoms with van der Waals surface area (Å²) in [6.45, 7) is 0. The molecule has 0 unspecified atom stereocenters. The second-order valence-corrected chi connectivity index (χ2v) is 2.64. The fraction of sp³-hybridized carbons (Fsp3) is 0.857. The van der Waals surface area contributed by atoms with E-state index in [1.54, 1.807) is 0 Å². The van der Waals surface area contributed by atoms with Crippen LogP contribution < -0.4 is 0 Å². The van der Waals surface area contributed by atoms with E-state index in [1.165, 1.54) is 0 Å². The Kier molecular flexibility index (Phi) is 2.79. The van der Waals surface area contributed by atoms with Crippen molar-refractivity contribution in [3.63, 3.8) is 0 Å². The lowest BCUT2D eigenvalue weighted by atomic mass is 10.3. The van der Waals surface area contributed by atoms with Gasteiger partial charge in [0.15, 0.2) is 0 Å². The lowest BCUT2D eigenvalue weighted by Gasteiger charge is -2.09. The Morgan fingerprint density at radius 3 is 2.36 bits per heavy atom. The molecule has 1 fully saturated rings. The Balaban J connectivity index is 2.24. The number of esters is 1. The Hall–Kier alpha value is -0.670. The number of rotatable bonds is 2. The summed E-state index contributed by atoms with van der Waals surface area (Å²) in [5, 5.41) is 0. The van der Waals surface area contributed by atoms with Gasteiger partial charge in [-0.1, -0.05) is 0 Å². The van der Waals surface area contributed by atoms with Gasteiger partial charge in [-0.15, -0.1) is 0 Å². The van der Waals surface area contributed by atoms with Crippen molar-refractivity contribution < 1.29 is 18.3 Å². The Morgan fingerprint density at radius 2 is 1.91 bits per heavy atom. The molecule has 1 aliphatic rings. The molecule has 2 nitrogen and oxygen atoms in total. The van der Waals surface area contributed by atoms with E-state index in [1.807, 2.05) is 0 Å². The van der Waals surface area contributed by atoms with E-state index in [0.29, 0.717) is 0 Å². The topological polar surface area (TPSA) is 26.3 Å². The number of alkyl halides is 2. The van der Waals surface area contributed by atoms with E-state index < -0.39 is 12.4 Å². The highest BCUT2D eigenvalue weighted by molar-refractivity contribution is 5.72. The highest BCUT2D eigenvalue weighted by Crippen LogP contribution is 2.21. The van der Waals surface area contributed by atoms with E-state index in [9.17, 15) is 13.6 Å². The van der Waals surface area contributed by atoms with Gasteiger partial charge in [-0.05, 0) is 25.7 Å². The fourth-order valence-corrected chi connectivity index (χ4v) is 1.22. The van der Waals surface area contributed by atoms with E-state index in [-0.39, 0.29) is 6.10 Å². The maximum atomic E-state index is 11.6. The monoisotopic (exact) mass is 164 g/mol. The predicted octanol–water partition coefficient (Wildman–Crippen LogP) is 1.74. The van der Waals surface area contributed by atoms with Crippen molar-refractivity contribution in [2.75, 3.05) is 0 Å². The summed E-state index contributed by atoms with van der Waals surface area (Å²) < 4.78 is 27.7. The van der Waals surface area contributed by atoms with E-state index in [4.69, 9.17) is 0 Å². The van der Waals surface area contributed by atoms with Gasteiger partial charge in [0, 0.05) is 0 Å². The summed E-state index contributed by atoms with van der Waals surface area (Å²) in [4.78, 5) is 10.3. The van der Waals surface area contributed by atoms with Crippen molar-refractivity contribution in [2.45, 2.75) is 38.2 Å². The molecule has 4 heteroatoms. The zero-order valence-electron chi connectivity index (χ0n) is 6.06. The molecule has 0 saturated heterocycles. The fourth-order valence-electron chi connectivity index (χ4n) is 1.22. The third-order valence-electron chi connectivity index (χ3n) is 1.76. The van der Waals surface area contributed by atoms with Crippen molar-refractivity contribution in [3.8, 4) is 0 Å². The first kappa shape index (κ1) is 8.43. The third-order valence-corrected chi connectivity index (χ3v) is 1.76. The lowest BCUT2D eigenvalue weighted by molar-refractivity contribution is -0.161. The minimum atomic E-state index is -2.98. The smallest absolute Gasteiger partial charge is 0.374 e. The van der Waals surface area contributed by atoms with Gasteiger partial charge in [-0.3, -0.25) is 0 Å². The summed E-state index contributed by atoms with van der Waals surface area (Å²) in [6, 6.07) is 0. The van der Waals surface area contributed by atoms with Gasteiger partial charge in [0.1, 0.15) is 6.10 Å². The van der Waals surface area contributed by atoms with Crippen LogP contribution >= 0.6 is 0 Å². The molecule has 1 rings (SSSR count). The summed E-state index contributed by atoms with van der Waals surface area (Å²) in [5.41, 5.74) is 0. The molecule has 11 heavy (non-hydrogen) atoms. The van der Waals surface area contributed by atoms with Crippen LogP contribution in [0.5, 0.6) is 0 Å². The van der Waals surface area contributed by atoms with E-state index >= 15 is 0 Å². The number of carbonyl (C=O) groups is 1. The largest absolute Gasteiger partial charge is 0.458 e. The first-order valence-corrected chi connectivity index (χ1v) is 3.69. The number of hydrogen-bond donors (Lipinski definition) is 0. The molecule has 0 aliphatic heterocycles. The minimum absolute atomic E-state index is 0.253. The SMILES string of the molecule is O=C(OC1CCCC1)C(F)F. The molecule has 1 aliphatic carbocycles. The summed E-state index contributed by atoms with van der Waals surface area (Å²) >= 11 is 0. The first-order chi connectivity index (χ1) is 5.20. The van der Waals surface area contributed by atoms with Crippen LogP contribution in [0.2, 0.25) is 0 Å². The van der Waals surface area contributed by atoms with E-state index in [2.05, 4.69) is 4.74 Å². The van der Waals surface area contributed by atoms with Gasteiger partial charge in [0.05, 0.1) is 0 Å². The molecular formula is C7H10F2O2. The van der Waals surface area contributed by atoms with Crippen molar-refractivity contribution in [2.24, 2.45) is 0 Å². The molecule has 0 atom stereocenters. The second kappa shape index (κ2) is 3.64. The van der Waals surface area contributed by atoms with Crippen LogP contribution in [-0.4, -0.2) is 18.5 Å². The van der Waals surface area contributed by atoms with Gasteiger partial charge in [0.25, 0.3) is 0 Å². The van der Waals surface area contributed by atoms with Crippen LogP contribution in [0.25, 0.3) is 0 Å². The average molecular weight is 164 g/mol. The number of carbonyl (C=O) groups excluding carboxylic acids is 1. The normalized spacial score (nSPS) is 19.2. The molecule has 0 radical (unpaired) electrons. The number of ether oxygens (including phenoxy) is 1. The molecular weight excluding hydrogens is 154 g/mol. The van der Waals surface area contributed by atoms with Crippen molar-refractivity contribution in [1.82, 2.24) is 0 Å². The Labute approximate surface area is 63.5 Å².